The Morgan fingerprint density at radius 2 is 2.06 bits per heavy atom. The van der Waals surface area contributed by atoms with Crippen molar-refractivity contribution in [1.82, 2.24) is 5.32 Å². The van der Waals surface area contributed by atoms with Crippen molar-refractivity contribution in [2.24, 2.45) is 5.92 Å². The number of piperidine rings is 1. The summed E-state index contributed by atoms with van der Waals surface area (Å²) < 4.78 is 14.5. The van der Waals surface area contributed by atoms with Crippen molar-refractivity contribution in [2.45, 2.75) is 44.2 Å². The van der Waals surface area contributed by atoms with E-state index in [-0.39, 0.29) is 5.92 Å². The second-order valence-corrected chi connectivity index (χ2v) is 5.81. The number of hydrogen-bond acceptors (Lipinski definition) is 1. The average Bonchev–Trinajstić information content (AvgIpc) is 2.37. The maximum Gasteiger partial charge on any atom is 0.129 e. The van der Waals surface area contributed by atoms with E-state index in [9.17, 15) is 4.39 Å². The van der Waals surface area contributed by atoms with Crippen LogP contribution in [0.1, 0.15) is 55.3 Å². The number of benzene rings is 1. The summed E-state index contributed by atoms with van der Waals surface area (Å²) in [5, 5.41) is 3.31. The molecule has 3 rings (SSSR count). The summed E-state index contributed by atoms with van der Waals surface area (Å²) in [5.41, 5.74) is 2.25. The van der Waals surface area contributed by atoms with Gasteiger partial charge < -0.3 is 5.32 Å². The maximum absolute atomic E-state index is 14.5. The molecule has 2 heteroatoms. The second-order valence-electron chi connectivity index (χ2n) is 5.81. The van der Waals surface area contributed by atoms with Crippen molar-refractivity contribution in [3.8, 4) is 0 Å². The summed E-state index contributed by atoms with van der Waals surface area (Å²) in [6.07, 6.45) is 5.23. The van der Waals surface area contributed by atoms with Gasteiger partial charge in [-0.3, -0.25) is 0 Å². The minimum absolute atomic E-state index is 0.162. The molecule has 1 saturated heterocycles. The van der Waals surface area contributed by atoms with E-state index in [0.717, 1.165) is 31.5 Å². The normalized spacial score (nSPS) is 26.6. The van der Waals surface area contributed by atoms with Gasteiger partial charge in [0.05, 0.1) is 0 Å². The Kier molecular flexibility index (Phi) is 3.64. The molecule has 98 valence electrons. The number of rotatable bonds is 3. The van der Waals surface area contributed by atoms with E-state index >= 15 is 0 Å². The molecule has 2 aliphatic rings. The molecule has 0 bridgehead atoms. The first-order valence-electron chi connectivity index (χ1n) is 7.29. The van der Waals surface area contributed by atoms with Gasteiger partial charge in [-0.25, -0.2) is 4.39 Å². The Morgan fingerprint density at radius 1 is 1.17 bits per heavy atom. The van der Waals surface area contributed by atoms with Gasteiger partial charge in [0, 0.05) is 12.5 Å². The summed E-state index contributed by atoms with van der Waals surface area (Å²) in [7, 11) is 0. The smallest absolute Gasteiger partial charge is 0.129 e. The van der Waals surface area contributed by atoms with Crippen LogP contribution in [0.2, 0.25) is 0 Å². The molecule has 0 radical (unpaired) electrons. The zero-order valence-corrected chi connectivity index (χ0v) is 10.9. The molecule has 2 unspecified atom stereocenters. The van der Waals surface area contributed by atoms with Crippen LogP contribution < -0.4 is 5.32 Å². The minimum atomic E-state index is -0.794. The third-order valence-corrected chi connectivity index (χ3v) is 4.55. The van der Waals surface area contributed by atoms with Crippen molar-refractivity contribution in [1.29, 1.82) is 0 Å². The zero-order chi connectivity index (χ0) is 12.4. The molecule has 1 aliphatic heterocycles. The topological polar surface area (TPSA) is 12.0 Å². The minimum Gasteiger partial charge on any atom is -0.316 e. The number of hydrogen-bond donors (Lipinski definition) is 1. The molecule has 2 atom stereocenters. The predicted octanol–water partition coefficient (Wildman–Crippen LogP) is 3.96. The Hall–Kier alpha value is -0.890. The van der Waals surface area contributed by atoms with Gasteiger partial charge >= 0.3 is 0 Å². The third kappa shape index (κ3) is 2.44. The van der Waals surface area contributed by atoms with E-state index in [1.165, 1.54) is 24.8 Å². The molecule has 1 N–H and O–H groups in total. The van der Waals surface area contributed by atoms with E-state index < -0.39 is 6.17 Å². The lowest BCUT2D eigenvalue weighted by Gasteiger charge is -2.28. The van der Waals surface area contributed by atoms with Crippen LogP contribution in [0, 0.1) is 5.92 Å². The molecule has 1 nitrogen and oxygen atoms in total. The van der Waals surface area contributed by atoms with Crippen LogP contribution in [-0.2, 0) is 0 Å². The van der Waals surface area contributed by atoms with E-state index in [1.54, 1.807) is 0 Å². The highest BCUT2D eigenvalue weighted by molar-refractivity contribution is 5.29. The van der Waals surface area contributed by atoms with Gasteiger partial charge in [-0.05, 0) is 49.3 Å². The van der Waals surface area contributed by atoms with Crippen molar-refractivity contribution in [3.63, 3.8) is 0 Å². The number of alkyl halides is 1. The molecule has 1 aromatic carbocycles. The van der Waals surface area contributed by atoms with Crippen LogP contribution >= 0.6 is 0 Å². The number of nitrogens with one attached hydrogen (secondary N) is 1. The number of halogens is 1. The molecule has 2 fully saturated rings. The molecule has 18 heavy (non-hydrogen) atoms. The fourth-order valence-corrected chi connectivity index (χ4v) is 3.13. The lowest BCUT2D eigenvalue weighted by Crippen LogP contribution is -2.32. The Bertz CT molecular complexity index is 394. The first-order valence-corrected chi connectivity index (χ1v) is 7.29. The van der Waals surface area contributed by atoms with Gasteiger partial charge in [0.15, 0.2) is 0 Å². The Balaban J connectivity index is 1.73. The van der Waals surface area contributed by atoms with Crippen LogP contribution in [0.5, 0.6) is 0 Å². The summed E-state index contributed by atoms with van der Waals surface area (Å²) in [5.74, 6) is 0.858. The van der Waals surface area contributed by atoms with Gasteiger partial charge in [-0.15, -0.1) is 0 Å². The average molecular weight is 247 g/mol. The van der Waals surface area contributed by atoms with Crippen molar-refractivity contribution in [2.75, 3.05) is 13.1 Å². The highest BCUT2D eigenvalue weighted by atomic mass is 19.1. The standard InChI is InChI=1S/C16H22FN/c17-16(15-8-3-9-18-11-15)14-7-2-6-13(10-14)12-4-1-5-12/h2,6-7,10,12,15-16,18H,1,3-5,8-9,11H2. The highest BCUT2D eigenvalue weighted by Crippen LogP contribution is 2.38. The quantitative estimate of drug-likeness (QED) is 0.852. The summed E-state index contributed by atoms with van der Waals surface area (Å²) in [6.45, 7) is 1.88. The van der Waals surface area contributed by atoms with Crippen LogP contribution in [0.4, 0.5) is 4.39 Å². The van der Waals surface area contributed by atoms with Crippen molar-refractivity contribution in [3.05, 3.63) is 35.4 Å². The van der Waals surface area contributed by atoms with Crippen LogP contribution in [0.25, 0.3) is 0 Å². The van der Waals surface area contributed by atoms with Gasteiger partial charge in [0.1, 0.15) is 6.17 Å². The van der Waals surface area contributed by atoms with Gasteiger partial charge in [-0.2, -0.15) is 0 Å². The molecular weight excluding hydrogens is 225 g/mol. The molecular formula is C16H22FN. The van der Waals surface area contributed by atoms with Crippen molar-refractivity contribution >= 4 is 0 Å². The highest BCUT2D eigenvalue weighted by Gasteiger charge is 2.26. The molecule has 0 amide bonds. The zero-order valence-electron chi connectivity index (χ0n) is 10.9. The van der Waals surface area contributed by atoms with E-state index in [1.807, 2.05) is 12.1 Å². The maximum atomic E-state index is 14.5. The summed E-state index contributed by atoms with van der Waals surface area (Å²) in [4.78, 5) is 0. The fourth-order valence-electron chi connectivity index (χ4n) is 3.13. The molecule has 1 aromatic rings. The van der Waals surface area contributed by atoms with Gasteiger partial charge in [0.2, 0.25) is 0 Å². The molecule has 0 spiro atoms. The van der Waals surface area contributed by atoms with Crippen LogP contribution in [0.15, 0.2) is 24.3 Å². The predicted molar refractivity (Wildman–Crippen MR) is 72.5 cm³/mol. The fraction of sp³-hybridized carbons (Fsp3) is 0.625. The van der Waals surface area contributed by atoms with Gasteiger partial charge in [-0.1, -0.05) is 30.7 Å². The van der Waals surface area contributed by atoms with Crippen LogP contribution in [0.3, 0.4) is 0 Å². The SMILES string of the molecule is FC(c1cccc(C2CCC2)c1)C1CCCNC1. The van der Waals surface area contributed by atoms with Gasteiger partial charge in [0.25, 0.3) is 0 Å². The summed E-state index contributed by atoms with van der Waals surface area (Å²) >= 11 is 0. The second kappa shape index (κ2) is 5.40. The lowest BCUT2D eigenvalue weighted by atomic mass is 9.79. The van der Waals surface area contributed by atoms with Crippen LogP contribution in [-0.4, -0.2) is 13.1 Å². The Morgan fingerprint density at radius 3 is 2.72 bits per heavy atom. The summed E-state index contributed by atoms with van der Waals surface area (Å²) in [6, 6.07) is 8.27. The van der Waals surface area contributed by atoms with E-state index in [4.69, 9.17) is 0 Å². The van der Waals surface area contributed by atoms with Crippen molar-refractivity contribution < 1.29 is 4.39 Å². The first kappa shape index (κ1) is 12.2. The molecule has 1 saturated carbocycles. The molecule has 1 aliphatic carbocycles. The third-order valence-electron chi connectivity index (χ3n) is 4.55. The molecule has 1 heterocycles. The molecule has 0 aromatic heterocycles. The Labute approximate surface area is 109 Å². The van der Waals surface area contributed by atoms with E-state index in [2.05, 4.69) is 17.4 Å². The van der Waals surface area contributed by atoms with E-state index in [0.29, 0.717) is 5.92 Å². The lowest BCUT2D eigenvalue weighted by molar-refractivity contribution is 0.194. The monoisotopic (exact) mass is 247 g/mol. The first-order chi connectivity index (χ1) is 8.84. The largest absolute Gasteiger partial charge is 0.316 e.